The maximum absolute atomic E-state index is 12.6. The Morgan fingerprint density at radius 3 is 3.03 bits per heavy atom. The Kier molecular flexibility index (Phi) is 5.85. The van der Waals surface area contributed by atoms with E-state index in [1.54, 1.807) is 12.3 Å². The average Bonchev–Trinajstić information content (AvgIpc) is 3.32. The van der Waals surface area contributed by atoms with Gasteiger partial charge in [-0.2, -0.15) is 0 Å². The second-order valence-corrected chi connectivity index (χ2v) is 8.04. The zero-order valence-corrected chi connectivity index (χ0v) is 17.2. The van der Waals surface area contributed by atoms with E-state index in [1.807, 2.05) is 23.6 Å². The maximum atomic E-state index is 12.6. The van der Waals surface area contributed by atoms with E-state index < -0.39 is 0 Å². The number of benzene rings is 1. The van der Waals surface area contributed by atoms with Crippen LogP contribution in [0.15, 0.2) is 58.8 Å². The second-order valence-electron chi connectivity index (χ2n) is 7.10. The minimum Gasteiger partial charge on any atom is -0.469 e. The van der Waals surface area contributed by atoms with Crippen LogP contribution in [-0.2, 0) is 17.8 Å². The van der Waals surface area contributed by atoms with Crippen molar-refractivity contribution in [3.63, 3.8) is 0 Å². The molecular weight excluding hydrogens is 384 g/mol. The number of carbonyl (C=O) groups excluding carboxylic acids is 1. The number of rotatable bonds is 7. The Hall–Kier alpha value is -2.80. The van der Waals surface area contributed by atoms with Crippen LogP contribution in [0.2, 0.25) is 0 Å². The van der Waals surface area contributed by atoms with Crippen LogP contribution in [0.5, 0.6) is 0 Å². The van der Waals surface area contributed by atoms with E-state index in [0.717, 1.165) is 36.4 Å². The molecule has 1 amide bonds. The number of aromatic nitrogens is 3. The Morgan fingerprint density at radius 1 is 1.38 bits per heavy atom. The summed E-state index contributed by atoms with van der Waals surface area (Å²) in [5, 5.41) is 12.5. The molecule has 2 aromatic heterocycles. The van der Waals surface area contributed by atoms with E-state index in [-0.39, 0.29) is 17.7 Å². The summed E-state index contributed by atoms with van der Waals surface area (Å²) in [6, 6.07) is 10.3. The van der Waals surface area contributed by atoms with Crippen molar-refractivity contribution in [1.29, 1.82) is 0 Å². The number of nitrogens with one attached hydrogen (secondary N) is 1. The molecule has 0 saturated heterocycles. The number of hydrogen-bond acceptors (Lipinski definition) is 5. The van der Waals surface area contributed by atoms with E-state index in [9.17, 15) is 4.79 Å². The highest BCUT2D eigenvalue weighted by Gasteiger charge is 2.22. The fourth-order valence-corrected chi connectivity index (χ4v) is 4.53. The lowest BCUT2D eigenvalue weighted by Crippen LogP contribution is -2.32. The number of nitrogens with zero attached hydrogens (tertiary/aromatic N) is 3. The van der Waals surface area contributed by atoms with Crippen molar-refractivity contribution < 1.29 is 9.21 Å². The maximum Gasteiger partial charge on any atom is 0.230 e. The molecule has 0 aliphatic heterocycles. The number of hydrogen-bond donors (Lipinski definition) is 1. The minimum absolute atomic E-state index is 0.00546. The van der Waals surface area contributed by atoms with Gasteiger partial charge in [0.05, 0.1) is 23.6 Å². The number of allylic oxidation sites excluding steroid dienone is 1. The van der Waals surface area contributed by atoms with Crippen LogP contribution in [0.25, 0.3) is 11.4 Å². The average molecular weight is 409 g/mol. The third-order valence-corrected chi connectivity index (χ3v) is 6.13. The van der Waals surface area contributed by atoms with Gasteiger partial charge in [0.2, 0.25) is 5.91 Å². The summed E-state index contributed by atoms with van der Waals surface area (Å²) in [4.78, 5) is 12.6. The highest BCUT2D eigenvalue weighted by molar-refractivity contribution is 7.99. The van der Waals surface area contributed by atoms with E-state index >= 15 is 0 Å². The van der Waals surface area contributed by atoms with Crippen molar-refractivity contribution in [2.45, 2.75) is 43.9 Å². The van der Waals surface area contributed by atoms with Gasteiger partial charge in [-0.15, -0.1) is 16.8 Å². The molecule has 6 nitrogen and oxygen atoms in total. The summed E-state index contributed by atoms with van der Waals surface area (Å²) < 4.78 is 7.35. The smallest absolute Gasteiger partial charge is 0.230 e. The lowest BCUT2D eigenvalue weighted by molar-refractivity contribution is -0.119. The van der Waals surface area contributed by atoms with Gasteiger partial charge < -0.3 is 9.73 Å². The summed E-state index contributed by atoms with van der Waals surface area (Å²) in [6.07, 6.45) is 6.59. The first kappa shape index (κ1) is 19.5. The number of amides is 1. The van der Waals surface area contributed by atoms with Gasteiger partial charge in [-0.1, -0.05) is 42.1 Å². The highest BCUT2D eigenvalue weighted by Crippen LogP contribution is 2.30. The Labute approximate surface area is 174 Å². The first-order chi connectivity index (χ1) is 14.2. The van der Waals surface area contributed by atoms with Crippen LogP contribution in [0.4, 0.5) is 0 Å². The molecule has 1 aliphatic rings. The zero-order chi connectivity index (χ0) is 20.2. The Morgan fingerprint density at radius 2 is 2.24 bits per heavy atom. The molecular formula is C22H24N4O2S. The number of fused-ring (bicyclic) bond motifs is 1. The van der Waals surface area contributed by atoms with Gasteiger partial charge in [-0.25, -0.2) is 0 Å². The fourth-order valence-electron chi connectivity index (χ4n) is 3.78. The third-order valence-electron chi connectivity index (χ3n) is 5.17. The number of furan rings is 1. The SMILES string of the molecule is C=CCn1c(SCC(=O)N[C@@H]2CCCc3ccccc32)nnc1-c1ccoc1C. The summed E-state index contributed by atoms with van der Waals surface area (Å²) in [5.74, 6) is 1.80. The van der Waals surface area contributed by atoms with Gasteiger partial charge in [0.15, 0.2) is 11.0 Å². The van der Waals surface area contributed by atoms with E-state index in [2.05, 4.69) is 40.3 Å². The minimum atomic E-state index is 0.00546. The van der Waals surface area contributed by atoms with Crippen LogP contribution in [0.3, 0.4) is 0 Å². The molecule has 29 heavy (non-hydrogen) atoms. The Bertz CT molecular complexity index is 1020. The van der Waals surface area contributed by atoms with Crippen molar-refractivity contribution in [2.75, 3.05) is 5.75 Å². The molecule has 1 aromatic carbocycles. The van der Waals surface area contributed by atoms with Crippen LogP contribution in [-0.4, -0.2) is 26.4 Å². The van der Waals surface area contributed by atoms with Gasteiger partial charge in [-0.3, -0.25) is 9.36 Å². The van der Waals surface area contributed by atoms with Crippen molar-refractivity contribution in [3.8, 4) is 11.4 Å². The molecule has 0 saturated carbocycles. The van der Waals surface area contributed by atoms with Gasteiger partial charge in [0.25, 0.3) is 0 Å². The first-order valence-electron chi connectivity index (χ1n) is 9.76. The van der Waals surface area contributed by atoms with Gasteiger partial charge in [-0.05, 0) is 43.4 Å². The number of aryl methyl sites for hydroxylation is 2. The molecule has 150 valence electrons. The molecule has 4 rings (SSSR count). The summed E-state index contributed by atoms with van der Waals surface area (Å²) in [6.45, 7) is 6.28. The quantitative estimate of drug-likeness (QED) is 0.466. The molecule has 0 bridgehead atoms. The van der Waals surface area contributed by atoms with E-state index in [0.29, 0.717) is 11.7 Å². The van der Waals surface area contributed by atoms with Crippen molar-refractivity contribution in [1.82, 2.24) is 20.1 Å². The lowest BCUT2D eigenvalue weighted by atomic mass is 9.88. The largest absolute Gasteiger partial charge is 0.469 e. The molecule has 0 spiro atoms. The molecule has 7 heteroatoms. The second kappa shape index (κ2) is 8.69. The van der Waals surface area contributed by atoms with Crippen LogP contribution in [0.1, 0.15) is 35.8 Å². The van der Waals surface area contributed by atoms with Crippen LogP contribution in [0, 0.1) is 6.92 Å². The predicted octanol–water partition coefficient (Wildman–Crippen LogP) is 4.32. The number of thioether (sulfide) groups is 1. The third kappa shape index (κ3) is 4.15. The van der Waals surface area contributed by atoms with E-state index in [1.165, 1.54) is 22.9 Å². The van der Waals surface area contributed by atoms with E-state index in [4.69, 9.17) is 4.42 Å². The van der Waals surface area contributed by atoms with Crippen LogP contribution >= 0.6 is 11.8 Å². The number of carbonyl (C=O) groups is 1. The van der Waals surface area contributed by atoms with Gasteiger partial charge in [0, 0.05) is 6.54 Å². The molecule has 0 unspecified atom stereocenters. The normalized spacial score (nSPS) is 15.7. The summed E-state index contributed by atoms with van der Waals surface area (Å²) >= 11 is 1.39. The zero-order valence-electron chi connectivity index (χ0n) is 16.4. The summed E-state index contributed by atoms with van der Waals surface area (Å²) in [5.41, 5.74) is 3.47. The molecule has 0 fully saturated rings. The molecule has 1 N–H and O–H groups in total. The molecule has 2 heterocycles. The van der Waals surface area contributed by atoms with Crippen LogP contribution < -0.4 is 5.32 Å². The molecule has 1 atom stereocenters. The monoisotopic (exact) mass is 408 g/mol. The lowest BCUT2D eigenvalue weighted by Gasteiger charge is -2.26. The molecule has 1 aliphatic carbocycles. The predicted molar refractivity (Wildman–Crippen MR) is 114 cm³/mol. The van der Waals surface area contributed by atoms with Gasteiger partial charge >= 0.3 is 0 Å². The molecule has 0 radical (unpaired) electrons. The summed E-state index contributed by atoms with van der Waals surface area (Å²) in [7, 11) is 0. The first-order valence-corrected chi connectivity index (χ1v) is 10.7. The van der Waals surface area contributed by atoms with Gasteiger partial charge in [0.1, 0.15) is 5.76 Å². The Balaban J connectivity index is 1.44. The molecule has 3 aromatic rings. The highest BCUT2D eigenvalue weighted by atomic mass is 32.2. The standard InChI is InChI=1S/C22H24N4O2S/c1-3-12-26-21(17-11-13-28-15(17)2)24-25-22(26)29-14-20(27)23-19-10-6-8-16-7-4-5-9-18(16)19/h3-5,7,9,11,13,19H,1,6,8,10,12,14H2,2H3,(H,23,27)/t19-/m1/s1. The van der Waals surface area contributed by atoms with Crippen molar-refractivity contribution in [3.05, 3.63) is 66.1 Å². The topological polar surface area (TPSA) is 73.0 Å². The van der Waals surface area contributed by atoms with Crippen molar-refractivity contribution in [2.24, 2.45) is 0 Å². The van der Waals surface area contributed by atoms with Crippen molar-refractivity contribution >= 4 is 17.7 Å². The fraction of sp³-hybridized carbons (Fsp3) is 0.318.